The van der Waals surface area contributed by atoms with Crippen LogP contribution in [0.4, 0.5) is 0 Å². The fourth-order valence-electron chi connectivity index (χ4n) is 2.75. The Morgan fingerprint density at radius 2 is 2.09 bits per heavy atom. The van der Waals surface area contributed by atoms with Gasteiger partial charge in [-0.15, -0.1) is 11.3 Å². The van der Waals surface area contributed by atoms with Gasteiger partial charge in [0.1, 0.15) is 9.88 Å². The van der Waals surface area contributed by atoms with E-state index in [0.29, 0.717) is 17.0 Å². The molecule has 2 amide bonds. The van der Waals surface area contributed by atoms with Crippen molar-refractivity contribution in [1.29, 1.82) is 0 Å². The molecule has 120 valence electrons. The highest BCUT2D eigenvalue weighted by Crippen LogP contribution is 2.34. The van der Waals surface area contributed by atoms with Crippen molar-refractivity contribution in [3.8, 4) is 0 Å². The molecule has 23 heavy (non-hydrogen) atoms. The van der Waals surface area contributed by atoms with Gasteiger partial charge in [0.05, 0.1) is 17.8 Å². The maximum Gasteiger partial charge on any atom is 0.260 e. The molecule has 6 nitrogen and oxygen atoms in total. The zero-order valence-corrected chi connectivity index (χ0v) is 13.7. The van der Waals surface area contributed by atoms with Crippen LogP contribution in [0.15, 0.2) is 24.5 Å². The fraction of sp³-hybridized carbons (Fsp3) is 0.375. The molecule has 0 aromatic carbocycles. The number of carbonyl (C=O) groups is 2. The maximum atomic E-state index is 12.8. The molecule has 1 atom stereocenters. The number of thiazole rings is 1. The zero-order valence-electron chi connectivity index (χ0n) is 12.9. The van der Waals surface area contributed by atoms with Crippen LogP contribution in [0.5, 0.6) is 0 Å². The summed E-state index contributed by atoms with van der Waals surface area (Å²) >= 11 is 1.27. The van der Waals surface area contributed by atoms with Gasteiger partial charge in [-0.1, -0.05) is 0 Å². The van der Waals surface area contributed by atoms with Crippen molar-refractivity contribution >= 4 is 23.2 Å². The second-order valence-corrected chi connectivity index (χ2v) is 6.69. The second-order valence-electron chi connectivity index (χ2n) is 5.63. The predicted molar refractivity (Wildman–Crippen MR) is 87.2 cm³/mol. The van der Waals surface area contributed by atoms with E-state index in [4.69, 9.17) is 5.73 Å². The summed E-state index contributed by atoms with van der Waals surface area (Å²) in [4.78, 5) is 34.8. The van der Waals surface area contributed by atoms with Crippen molar-refractivity contribution in [2.75, 3.05) is 6.54 Å². The molecular weight excluding hydrogens is 312 g/mol. The lowest BCUT2D eigenvalue weighted by atomic mass is 10.0. The van der Waals surface area contributed by atoms with Crippen LogP contribution in [-0.4, -0.2) is 33.2 Å². The van der Waals surface area contributed by atoms with Gasteiger partial charge in [0.25, 0.3) is 11.8 Å². The summed E-state index contributed by atoms with van der Waals surface area (Å²) in [6.45, 7) is 2.57. The standard InChI is InChI=1S/C16H18N4O2S/c1-10-5-6-11(8-18-10)16(22)20-7-3-2-4-12(20)15-19-9-13(23-15)14(17)21/h5-6,8-9,12H,2-4,7H2,1H3,(H2,17,21)/t12-/m0/s1. The Morgan fingerprint density at radius 1 is 1.26 bits per heavy atom. The summed E-state index contributed by atoms with van der Waals surface area (Å²) in [6, 6.07) is 3.53. The number of carbonyl (C=O) groups excluding carboxylic acids is 2. The molecule has 1 aliphatic heterocycles. The Morgan fingerprint density at radius 3 is 2.74 bits per heavy atom. The number of pyridine rings is 1. The minimum Gasteiger partial charge on any atom is -0.365 e. The van der Waals surface area contributed by atoms with Crippen LogP contribution in [0, 0.1) is 6.92 Å². The van der Waals surface area contributed by atoms with Crippen LogP contribution in [0.1, 0.15) is 56.0 Å². The molecule has 1 fully saturated rings. The SMILES string of the molecule is Cc1ccc(C(=O)N2CCCC[C@H]2c2ncc(C(N)=O)s2)cn1. The lowest BCUT2D eigenvalue weighted by Crippen LogP contribution is -2.38. The molecule has 7 heteroatoms. The van der Waals surface area contributed by atoms with Gasteiger partial charge in [-0.25, -0.2) is 4.98 Å². The molecule has 2 aromatic rings. The summed E-state index contributed by atoms with van der Waals surface area (Å²) in [5.74, 6) is -0.525. The molecule has 0 unspecified atom stereocenters. The minimum absolute atomic E-state index is 0.0435. The number of rotatable bonds is 3. The minimum atomic E-state index is -0.481. The summed E-state index contributed by atoms with van der Waals surface area (Å²) < 4.78 is 0. The topological polar surface area (TPSA) is 89.2 Å². The number of aryl methyl sites for hydroxylation is 1. The van der Waals surface area contributed by atoms with E-state index in [1.54, 1.807) is 12.3 Å². The molecule has 0 spiro atoms. The molecule has 3 heterocycles. The van der Waals surface area contributed by atoms with Gasteiger partial charge in [-0.05, 0) is 38.3 Å². The van der Waals surface area contributed by atoms with E-state index < -0.39 is 5.91 Å². The number of nitrogens with two attached hydrogens (primary N) is 1. The zero-order chi connectivity index (χ0) is 16.4. The van der Waals surface area contributed by atoms with Crippen LogP contribution < -0.4 is 5.73 Å². The lowest BCUT2D eigenvalue weighted by Gasteiger charge is -2.34. The van der Waals surface area contributed by atoms with Crippen molar-refractivity contribution in [2.45, 2.75) is 32.2 Å². The van der Waals surface area contributed by atoms with Gasteiger partial charge >= 0.3 is 0 Å². The van der Waals surface area contributed by atoms with Crippen molar-refractivity contribution < 1.29 is 9.59 Å². The number of likely N-dealkylation sites (tertiary alicyclic amines) is 1. The number of hydrogen-bond acceptors (Lipinski definition) is 5. The molecule has 3 rings (SSSR count). The van der Waals surface area contributed by atoms with E-state index in [2.05, 4.69) is 9.97 Å². The molecule has 2 aromatic heterocycles. The highest BCUT2D eigenvalue weighted by atomic mass is 32.1. The Hall–Kier alpha value is -2.28. The van der Waals surface area contributed by atoms with Crippen molar-refractivity contribution in [2.24, 2.45) is 5.73 Å². The predicted octanol–water partition coefficient (Wildman–Crippen LogP) is 2.31. The normalized spacial score (nSPS) is 18.0. The van der Waals surface area contributed by atoms with Crippen LogP contribution in [0.25, 0.3) is 0 Å². The van der Waals surface area contributed by atoms with E-state index in [9.17, 15) is 9.59 Å². The smallest absolute Gasteiger partial charge is 0.260 e. The van der Waals surface area contributed by atoms with Crippen LogP contribution in [0.2, 0.25) is 0 Å². The Labute approximate surface area is 138 Å². The molecule has 1 saturated heterocycles. The van der Waals surface area contributed by atoms with E-state index in [1.165, 1.54) is 17.5 Å². The average Bonchev–Trinajstić information content (AvgIpc) is 3.05. The average molecular weight is 330 g/mol. The van der Waals surface area contributed by atoms with Crippen molar-refractivity contribution in [1.82, 2.24) is 14.9 Å². The largest absolute Gasteiger partial charge is 0.365 e. The first-order chi connectivity index (χ1) is 11.1. The number of nitrogens with zero attached hydrogens (tertiary/aromatic N) is 3. The van der Waals surface area contributed by atoms with Gasteiger partial charge < -0.3 is 10.6 Å². The van der Waals surface area contributed by atoms with E-state index in [1.807, 2.05) is 17.9 Å². The van der Waals surface area contributed by atoms with Crippen molar-refractivity contribution in [3.63, 3.8) is 0 Å². The van der Waals surface area contributed by atoms with Gasteiger partial charge in [-0.3, -0.25) is 14.6 Å². The molecule has 2 N–H and O–H groups in total. The number of amides is 2. The summed E-state index contributed by atoms with van der Waals surface area (Å²) in [5.41, 5.74) is 6.75. The van der Waals surface area contributed by atoms with E-state index in [0.717, 1.165) is 30.0 Å². The van der Waals surface area contributed by atoms with E-state index in [-0.39, 0.29) is 11.9 Å². The maximum absolute atomic E-state index is 12.8. The molecule has 0 aliphatic carbocycles. The molecule has 0 bridgehead atoms. The molecule has 0 saturated carbocycles. The monoisotopic (exact) mass is 330 g/mol. The van der Waals surface area contributed by atoms with Gasteiger partial charge in [0.2, 0.25) is 0 Å². The quantitative estimate of drug-likeness (QED) is 0.935. The lowest BCUT2D eigenvalue weighted by molar-refractivity contribution is 0.0610. The van der Waals surface area contributed by atoms with E-state index >= 15 is 0 Å². The van der Waals surface area contributed by atoms with Crippen molar-refractivity contribution in [3.05, 3.63) is 45.7 Å². The van der Waals surface area contributed by atoms with Crippen LogP contribution in [0.3, 0.4) is 0 Å². The molecule has 1 aliphatic rings. The van der Waals surface area contributed by atoms with Crippen LogP contribution in [-0.2, 0) is 0 Å². The number of piperidine rings is 1. The highest BCUT2D eigenvalue weighted by molar-refractivity contribution is 7.13. The second kappa shape index (κ2) is 6.45. The third kappa shape index (κ3) is 3.24. The molecular formula is C16H18N4O2S. The van der Waals surface area contributed by atoms with Gasteiger partial charge in [0, 0.05) is 18.4 Å². The summed E-state index contributed by atoms with van der Waals surface area (Å²) in [5, 5.41) is 0.770. The number of hydrogen-bond donors (Lipinski definition) is 1. The highest BCUT2D eigenvalue weighted by Gasteiger charge is 2.31. The van der Waals surface area contributed by atoms with Gasteiger partial charge in [0.15, 0.2) is 0 Å². The fourth-order valence-corrected chi connectivity index (χ4v) is 3.66. The Balaban J connectivity index is 1.87. The Kier molecular flexibility index (Phi) is 4.38. The van der Waals surface area contributed by atoms with Crippen LogP contribution >= 0.6 is 11.3 Å². The van der Waals surface area contributed by atoms with Gasteiger partial charge in [-0.2, -0.15) is 0 Å². The number of aromatic nitrogens is 2. The third-order valence-corrected chi connectivity index (χ3v) is 5.09. The first kappa shape index (κ1) is 15.6. The number of primary amides is 1. The Bertz CT molecular complexity index is 726. The summed E-state index contributed by atoms with van der Waals surface area (Å²) in [7, 11) is 0. The molecule has 0 radical (unpaired) electrons. The first-order valence-corrected chi connectivity index (χ1v) is 8.37. The summed E-state index contributed by atoms with van der Waals surface area (Å²) in [6.07, 6.45) is 5.95. The first-order valence-electron chi connectivity index (χ1n) is 7.55. The third-order valence-electron chi connectivity index (χ3n) is 3.97.